The summed E-state index contributed by atoms with van der Waals surface area (Å²) >= 11 is 0. The maximum absolute atomic E-state index is 8.55. The third-order valence-electron chi connectivity index (χ3n) is 1.65. The first-order valence-corrected chi connectivity index (χ1v) is 4.83. The summed E-state index contributed by atoms with van der Waals surface area (Å²) in [6.07, 6.45) is 0. The average molecular weight is 210 g/mol. The highest BCUT2D eigenvalue weighted by molar-refractivity contribution is 6.33. The largest absolute Gasteiger partial charge is 0.707 e. The summed E-state index contributed by atoms with van der Waals surface area (Å²) in [5.41, 5.74) is 0. The second-order valence-corrected chi connectivity index (χ2v) is 3.62. The minimum absolute atomic E-state index is 0.391. The van der Waals surface area contributed by atoms with Crippen molar-refractivity contribution in [3.05, 3.63) is 24.3 Å². The van der Waals surface area contributed by atoms with Gasteiger partial charge in [0.2, 0.25) is 0 Å². The maximum Gasteiger partial charge on any atom is 0.707 e. The smallest absolute Gasteiger partial charge is 0.512 e. The molecule has 15 heavy (non-hydrogen) atoms. The van der Waals surface area contributed by atoms with E-state index in [1.165, 1.54) is 0 Å². The monoisotopic (exact) mass is 210 g/mol. The Labute approximate surface area is 89.6 Å². The molecule has 2 N–H and O–H groups in total. The van der Waals surface area contributed by atoms with Crippen LogP contribution in [0, 0.1) is 5.92 Å². The molecule has 0 heterocycles. The molecule has 0 aromatic heterocycles. The fourth-order valence-corrected chi connectivity index (χ4v) is 0.999. The number of hydrogen-bond donors (Lipinski definition) is 2. The summed E-state index contributed by atoms with van der Waals surface area (Å²) in [7, 11) is -1.78. The first-order valence-electron chi connectivity index (χ1n) is 4.83. The van der Waals surface area contributed by atoms with Gasteiger partial charge in [0.15, 0.2) is 0 Å². The van der Waals surface area contributed by atoms with Gasteiger partial charge in [-0.2, -0.15) is 0 Å². The summed E-state index contributed by atoms with van der Waals surface area (Å²) in [6.45, 7) is 4.79. The minimum atomic E-state index is -1.78. The van der Waals surface area contributed by atoms with Crippen LogP contribution in [0.2, 0.25) is 0 Å². The summed E-state index contributed by atoms with van der Waals surface area (Å²) in [6, 6.07) is 6.68. The van der Waals surface area contributed by atoms with Gasteiger partial charge in [-0.25, -0.2) is 0 Å². The fourth-order valence-electron chi connectivity index (χ4n) is 0.999. The van der Waals surface area contributed by atoms with Crippen molar-refractivity contribution in [2.75, 3.05) is 6.61 Å². The molecule has 0 fully saturated rings. The van der Waals surface area contributed by atoms with Crippen LogP contribution >= 0.6 is 0 Å². The topological polar surface area (TPSA) is 58.9 Å². The van der Waals surface area contributed by atoms with E-state index >= 15 is 0 Å². The molecule has 0 radical (unpaired) electrons. The van der Waals surface area contributed by atoms with E-state index in [9.17, 15) is 0 Å². The van der Waals surface area contributed by atoms with Gasteiger partial charge >= 0.3 is 7.32 Å². The lowest BCUT2D eigenvalue weighted by Gasteiger charge is -2.09. The van der Waals surface area contributed by atoms with Gasteiger partial charge in [-0.05, 0) is 30.2 Å². The van der Waals surface area contributed by atoms with Crippen LogP contribution in [0.1, 0.15) is 13.8 Å². The molecular formula is C10H15BO4. The normalized spacial score (nSPS) is 10.2. The summed E-state index contributed by atoms with van der Waals surface area (Å²) < 4.78 is 10.1. The molecule has 0 saturated carbocycles. The molecule has 82 valence electrons. The van der Waals surface area contributed by atoms with Gasteiger partial charge in [0.1, 0.15) is 11.5 Å². The Morgan fingerprint density at radius 1 is 1.13 bits per heavy atom. The van der Waals surface area contributed by atoms with Crippen molar-refractivity contribution in [2.45, 2.75) is 13.8 Å². The molecule has 1 aromatic rings. The lowest BCUT2D eigenvalue weighted by Crippen LogP contribution is -2.20. The Hall–Kier alpha value is -1.20. The molecule has 0 bridgehead atoms. The quantitative estimate of drug-likeness (QED) is 0.713. The van der Waals surface area contributed by atoms with Crippen molar-refractivity contribution in [3.63, 3.8) is 0 Å². The molecule has 4 nitrogen and oxygen atoms in total. The Balaban J connectivity index is 2.49. The van der Waals surface area contributed by atoms with Crippen LogP contribution in [0.15, 0.2) is 24.3 Å². The van der Waals surface area contributed by atoms with Crippen molar-refractivity contribution in [3.8, 4) is 11.5 Å². The minimum Gasteiger partial charge on any atom is -0.512 e. The second kappa shape index (κ2) is 5.63. The number of ether oxygens (including phenoxy) is 1. The van der Waals surface area contributed by atoms with Crippen molar-refractivity contribution in [1.82, 2.24) is 0 Å². The van der Waals surface area contributed by atoms with E-state index in [0.717, 1.165) is 5.75 Å². The van der Waals surface area contributed by atoms with Crippen molar-refractivity contribution in [2.24, 2.45) is 5.92 Å². The van der Waals surface area contributed by atoms with Gasteiger partial charge < -0.3 is 19.4 Å². The van der Waals surface area contributed by atoms with E-state index in [1.807, 2.05) is 0 Å². The molecule has 0 aliphatic carbocycles. The number of hydrogen-bond acceptors (Lipinski definition) is 4. The molecule has 0 amide bonds. The van der Waals surface area contributed by atoms with Crippen molar-refractivity contribution in [1.29, 1.82) is 0 Å². The Morgan fingerprint density at radius 2 is 1.67 bits per heavy atom. The molecule has 0 saturated heterocycles. The van der Waals surface area contributed by atoms with E-state index in [4.69, 9.17) is 14.8 Å². The molecule has 0 aliphatic rings. The Bertz CT molecular complexity index is 284. The van der Waals surface area contributed by atoms with Crippen molar-refractivity contribution < 1.29 is 19.4 Å². The van der Waals surface area contributed by atoms with Crippen LogP contribution in [0.25, 0.3) is 0 Å². The molecule has 0 aliphatic heterocycles. The summed E-state index contributed by atoms with van der Waals surface area (Å²) in [5.74, 6) is 1.60. The van der Waals surface area contributed by atoms with E-state index in [2.05, 4.69) is 18.5 Å². The van der Waals surface area contributed by atoms with Crippen LogP contribution < -0.4 is 9.39 Å². The van der Waals surface area contributed by atoms with Crippen LogP contribution in [0.5, 0.6) is 11.5 Å². The van der Waals surface area contributed by atoms with Gasteiger partial charge in [0.05, 0.1) is 6.61 Å². The lowest BCUT2D eigenvalue weighted by molar-refractivity contribution is 0.269. The highest BCUT2D eigenvalue weighted by Crippen LogP contribution is 2.18. The molecule has 5 heteroatoms. The van der Waals surface area contributed by atoms with Crippen LogP contribution in [-0.2, 0) is 0 Å². The van der Waals surface area contributed by atoms with Crippen LogP contribution in [0.4, 0.5) is 0 Å². The molecule has 1 aromatic carbocycles. The second-order valence-electron chi connectivity index (χ2n) is 3.62. The first-order chi connectivity index (χ1) is 7.08. The number of rotatable bonds is 5. The molecular weight excluding hydrogens is 195 g/mol. The predicted molar refractivity (Wildman–Crippen MR) is 57.6 cm³/mol. The maximum atomic E-state index is 8.55. The lowest BCUT2D eigenvalue weighted by atomic mass is 10.2. The van der Waals surface area contributed by atoms with Crippen molar-refractivity contribution >= 4 is 7.32 Å². The first kappa shape index (κ1) is 11.9. The van der Waals surface area contributed by atoms with E-state index in [1.54, 1.807) is 24.3 Å². The van der Waals surface area contributed by atoms with Crippen LogP contribution in [-0.4, -0.2) is 24.0 Å². The van der Waals surface area contributed by atoms with E-state index in [-0.39, 0.29) is 0 Å². The number of benzene rings is 1. The van der Waals surface area contributed by atoms with E-state index in [0.29, 0.717) is 18.3 Å². The van der Waals surface area contributed by atoms with Gasteiger partial charge in [0.25, 0.3) is 0 Å². The fraction of sp³-hybridized carbons (Fsp3) is 0.400. The highest BCUT2D eigenvalue weighted by Gasteiger charge is 2.10. The standard InChI is InChI=1S/C10H15BO4/c1-8(2)7-14-9-3-5-10(6-4-9)15-11(12)13/h3-6,8,12-13H,7H2,1-2H3. The predicted octanol–water partition coefficient (Wildman–Crippen LogP) is 1.07. The Morgan fingerprint density at radius 3 is 2.13 bits per heavy atom. The summed E-state index contributed by atoms with van der Waals surface area (Å²) in [5, 5.41) is 17.1. The molecule has 0 unspecified atom stereocenters. The SMILES string of the molecule is CC(C)COc1ccc(OB(O)O)cc1. The zero-order valence-electron chi connectivity index (χ0n) is 8.88. The third-order valence-corrected chi connectivity index (χ3v) is 1.65. The molecule has 0 atom stereocenters. The van der Waals surface area contributed by atoms with E-state index < -0.39 is 7.32 Å². The van der Waals surface area contributed by atoms with Gasteiger partial charge in [-0.3, -0.25) is 0 Å². The molecule has 0 spiro atoms. The van der Waals surface area contributed by atoms with Gasteiger partial charge in [-0.15, -0.1) is 0 Å². The highest BCUT2D eigenvalue weighted by atomic mass is 16.6. The average Bonchev–Trinajstić information content (AvgIpc) is 2.16. The summed E-state index contributed by atoms with van der Waals surface area (Å²) in [4.78, 5) is 0. The van der Waals surface area contributed by atoms with Gasteiger partial charge in [-0.1, -0.05) is 13.8 Å². The zero-order chi connectivity index (χ0) is 11.3. The third kappa shape index (κ3) is 4.72. The Kier molecular flexibility index (Phi) is 4.46. The zero-order valence-corrected chi connectivity index (χ0v) is 8.88. The molecule has 1 rings (SSSR count). The van der Waals surface area contributed by atoms with Gasteiger partial charge in [0, 0.05) is 0 Å². The van der Waals surface area contributed by atoms with Crippen LogP contribution in [0.3, 0.4) is 0 Å².